The van der Waals surface area contributed by atoms with Crippen molar-refractivity contribution in [3.05, 3.63) is 0 Å². The van der Waals surface area contributed by atoms with Gasteiger partial charge >= 0.3 is 47.5 Å². The second-order valence-corrected chi connectivity index (χ2v) is 12.3. The highest BCUT2D eigenvalue weighted by Gasteiger charge is 2.56. The zero-order valence-electron chi connectivity index (χ0n) is 19.8. The minimum absolute atomic E-state index is 0.826. The maximum atomic E-state index is 11.8. The average Bonchev–Trinajstić information content (AvgIpc) is 2.76. The highest BCUT2D eigenvalue weighted by atomic mass is 32.3. The number of aliphatic carboxylic acids is 1. The molecule has 2 heterocycles. The molecule has 0 spiro atoms. The number of methoxy groups -OCH3 is 1. The third-order valence-corrected chi connectivity index (χ3v) is 7.03. The summed E-state index contributed by atoms with van der Waals surface area (Å²) in [5, 5.41) is 30.7. The van der Waals surface area contributed by atoms with Crippen LogP contribution in [0.1, 0.15) is 0 Å². The predicted molar refractivity (Wildman–Crippen MR) is 118 cm³/mol. The van der Waals surface area contributed by atoms with Gasteiger partial charge in [-0.25, -0.2) is 17.3 Å². The zero-order chi connectivity index (χ0) is 31.7. The molecule has 0 radical (unpaired) electrons. The van der Waals surface area contributed by atoms with E-state index in [1.165, 1.54) is 4.72 Å². The van der Waals surface area contributed by atoms with Gasteiger partial charge < -0.3 is 34.3 Å². The van der Waals surface area contributed by atoms with Crippen molar-refractivity contribution < 1.29 is 103 Å². The van der Waals surface area contributed by atoms with E-state index in [0.717, 1.165) is 7.11 Å². The van der Waals surface area contributed by atoms with Crippen molar-refractivity contribution in [3.63, 3.8) is 0 Å². The lowest BCUT2D eigenvalue weighted by atomic mass is 9.96. The second kappa shape index (κ2) is 13.1. The highest BCUT2D eigenvalue weighted by Crippen LogP contribution is 2.33. The second-order valence-electron chi connectivity index (χ2n) is 7.93. The molecular formula is C13H23NO23S4. The van der Waals surface area contributed by atoms with Crippen LogP contribution in [0.3, 0.4) is 0 Å². The van der Waals surface area contributed by atoms with Crippen LogP contribution in [0.15, 0.2) is 0 Å². The summed E-state index contributed by atoms with van der Waals surface area (Å²) < 4.78 is 160. The number of carboxylic acid groups (broad SMARTS) is 1. The minimum atomic E-state index is -5.64. The molecule has 2 rings (SSSR count). The molecule has 0 amide bonds. The molecule has 1 unspecified atom stereocenters. The Morgan fingerprint density at radius 1 is 0.780 bits per heavy atom. The summed E-state index contributed by atoms with van der Waals surface area (Å²) in [4.78, 5) is 11.8. The van der Waals surface area contributed by atoms with Gasteiger partial charge in [-0.1, -0.05) is 0 Å². The number of aliphatic hydroxyl groups is 2. The number of hydrogen-bond donors (Lipinski definition) is 8. The molecule has 24 nitrogen and oxygen atoms in total. The van der Waals surface area contributed by atoms with Crippen molar-refractivity contribution in [2.45, 2.75) is 61.3 Å². The molecule has 2 fully saturated rings. The number of carbonyl (C=O) groups is 1. The Bertz CT molecular complexity index is 1360. The molecule has 2 aliphatic heterocycles. The number of aliphatic hydroxyl groups excluding tert-OH is 2. The summed E-state index contributed by atoms with van der Waals surface area (Å²) in [6.45, 7) is -1.42. The van der Waals surface area contributed by atoms with Crippen LogP contribution in [0.4, 0.5) is 0 Å². The van der Waals surface area contributed by atoms with Crippen LogP contribution in [0, 0.1) is 0 Å². The van der Waals surface area contributed by atoms with Crippen LogP contribution < -0.4 is 4.72 Å². The van der Waals surface area contributed by atoms with E-state index in [1.807, 2.05) is 0 Å². The molecule has 0 aromatic heterocycles. The zero-order valence-corrected chi connectivity index (χ0v) is 23.0. The first kappa shape index (κ1) is 35.9. The fourth-order valence-electron chi connectivity index (χ4n) is 3.64. The van der Waals surface area contributed by atoms with Crippen LogP contribution >= 0.6 is 0 Å². The Labute approximate surface area is 230 Å². The van der Waals surface area contributed by atoms with E-state index in [-0.39, 0.29) is 0 Å². The van der Waals surface area contributed by atoms with E-state index < -0.39 is 115 Å². The standard InChI is InChI=1S/C13H23NO23S4/c1-31-13-9(37-41(28,29)30)6(16)8(10(35-13)11(17)18)34-12-4(14-38(19,20)21)7(36-40(25,26)27)5(15)3(33-12)2-32-39(22,23)24/h3-10,12-16H,2H2,1H3,(H,17,18)(H,19,20,21)(H,22,23,24)(H,25,26,27)(H,28,29,30)/t3-,4-,5-,6?,7-,8+,9-,10-,12-,13-/m1/s1. The van der Waals surface area contributed by atoms with Gasteiger partial charge in [0.25, 0.3) is 0 Å². The fraction of sp³-hybridized carbons (Fsp3) is 0.923. The normalized spacial score (nSPS) is 35.7. The van der Waals surface area contributed by atoms with Gasteiger partial charge in [-0.2, -0.15) is 38.4 Å². The SMILES string of the molecule is CO[C@@H]1O[C@@H](C(=O)O)[C@@H](O[C@H]2O[C@H](COS(=O)(=O)O)[C@@H](O)[C@H](OS(=O)(=O)O)[C@H]2NS(=O)(=O)O)C(O)[C@H]1OS(=O)(=O)O. The molecule has 41 heavy (non-hydrogen) atoms. The van der Waals surface area contributed by atoms with E-state index >= 15 is 0 Å². The van der Waals surface area contributed by atoms with Gasteiger partial charge in [-0.3, -0.25) is 18.2 Å². The molecule has 0 aliphatic carbocycles. The molecule has 242 valence electrons. The first-order chi connectivity index (χ1) is 18.4. The lowest BCUT2D eigenvalue weighted by Crippen LogP contribution is -2.69. The van der Waals surface area contributed by atoms with E-state index in [9.17, 15) is 58.3 Å². The summed E-state index contributed by atoms with van der Waals surface area (Å²) in [5.74, 6) is -1.98. The molecule has 8 N–H and O–H groups in total. The van der Waals surface area contributed by atoms with Crippen LogP contribution in [-0.4, -0.2) is 148 Å². The molecule has 0 aromatic rings. The predicted octanol–water partition coefficient (Wildman–Crippen LogP) is -5.77. The van der Waals surface area contributed by atoms with Gasteiger partial charge in [0.1, 0.15) is 36.6 Å². The van der Waals surface area contributed by atoms with Gasteiger partial charge in [-0.05, 0) is 0 Å². The number of carboxylic acids is 1. The first-order valence-electron chi connectivity index (χ1n) is 10.2. The first-order valence-corrected chi connectivity index (χ1v) is 15.7. The van der Waals surface area contributed by atoms with Gasteiger partial charge in [0.2, 0.25) is 0 Å². The molecule has 2 saturated heterocycles. The third kappa shape index (κ3) is 10.7. The number of hydrogen-bond acceptors (Lipinski definition) is 18. The minimum Gasteiger partial charge on any atom is -0.479 e. The van der Waals surface area contributed by atoms with Crippen molar-refractivity contribution in [1.82, 2.24) is 4.72 Å². The van der Waals surface area contributed by atoms with Gasteiger partial charge in [0.15, 0.2) is 24.8 Å². The summed E-state index contributed by atoms with van der Waals surface area (Å²) in [7, 11) is -21.0. The van der Waals surface area contributed by atoms with E-state index in [1.54, 1.807) is 0 Å². The van der Waals surface area contributed by atoms with Gasteiger partial charge in [-0.15, -0.1) is 0 Å². The monoisotopic (exact) mass is 689 g/mol. The lowest BCUT2D eigenvalue weighted by molar-refractivity contribution is -0.333. The number of rotatable bonds is 13. The number of nitrogens with one attached hydrogen (secondary N) is 1. The third-order valence-electron chi connectivity index (χ3n) is 5.09. The Hall–Kier alpha value is -1.29. The molecule has 10 atom stereocenters. The Morgan fingerprint density at radius 3 is 1.76 bits per heavy atom. The van der Waals surface area contributed by atoms with Crippen molar-refractivity contribution in [3.8, 4) is 0 Å². The van der Waals surface area contributed by atoms with Crippen molar-refractivity contribution >= 4 is 47.5 Å². The van der Waals surface area contributed by atoms with Crippen molar-refractivity contribution in [2.24, 2.45) is 0 Å². The van der Waals surface area contributed by atoms with Crippen LogP contribution in [-0.2, 0) is 77.8 Å². The molecule has 0 bridgehead atoms. The van der Waals surface area contributed by atoms with Gasteiger partial charge in [0, 0.05) is 7.11 Å². The number of ether oxygens (including phenoxy) is 4. The Morgan fingerprint density at radius 2 is 1.32 bits per heavy atom. The topological polar surface area (TPSA) is 372 Å². The Kier molecular flexibility index (Phi) is 11.5. The van der Waals surface area contributed by atoms with E-state index in [2.05, 4.69) is 12.5 Å². The molecule has 28 heteroatoms. The van der Waals surface area contributed by atoms with Crippen LogP contribution in [0.2, 0.25) is 0 Å². The Balaban J connectivity index is 2.61. The van der Waals surface area contributed by atoms with E-state index in [4.69, 9.17) is 32.6 Å². The maximum absolute atomic E-state index is 11.8. The molecule has 0 aromatic carbocycles. The largest absolute Gasteiger partial charge is 0.479 e. The van der Waals surface area contributed by atoms with Crippen LogP contribution in [0.25, 0.3) is 0 Å². The molecule has 2 aliphatic rings. The summed E-state index contributed by atoms with van der Waals surface area (Å²) >= 11 is 0. The smallest absolute Gasteiger partial charge is 0.397 e. The lowest BCUT2D eigenvalue weighted by Gasteiger charge is -2.47. The average molecular weight is 690 g/mol. The summed E-state index contributed by atoms with van der Waals surface area (Å²) in [6, 6.07) is -2.54. The van der Waals surface area contributed by atoms with Gasteiger partial charge in [0.05, 0.1) is 6.61 Å². The summed E-state index contributed by atoms with van der Waals surface area (Å²) in [6.07, 6.45) is -21.7. The van der Waals surface area contributed by atoms with Crippen LogP contribution in [0.5, 0.6) is 0 Å². The fourth-order valence-corrected chi connectivity index (χ4v) is 5.53. The quantitative estimate of drug-likeness (QED) is 0.0835. The van der Waals surface area contributed by atoms with E-state index in [0.29, 0.717) is 0 Å². The van der Waals surface area contributed by atoms with Crippen molar-refractivity contribution in [2.75, 3.05) is 13.7 Å². The van der Waals surface area contributed by atoms with Crippen molar-refractivity contribution in [1.29, 1.82) is 0 Å². The highest BCUT2D eigenvalue weighted by molar-refractivity contribution is 7.83. The molecular weight excluding hydrogens is 666 g/mol. The molecule has 0 saturated carbocycles. The summed E-state index contributed by atoms with van der Waals surface area (Å²) in [5.41, 5.74) is 0. The maximum Gasteiger partial charge on any atom is 0.397 e.